The van der Waals surface area contributed by atoms with Gasteiger partial charge in [0.2, 0.25) is 0 Å². The van der Waals surface area contributed by atoms with Crippen LogP contribution >= 0.6 is 11.3 Å². The molecule has 4 rings (SSSR count). The quantitative estimate of drug-likeness (QED) is 0.898. The molecular formula is C16H21N5O2S. The summed E-state index contributed by atoms with van der Waals surface area (Å²) in [4.78, 5) is 19.3. The van der Waals surface area contributed by atoms with E-state index in [2.05, 4.69) is 20.3 Å². The zero-order chi connectivity index (χ0) is 16.5. The zero-order valence-electron chi connectivity index (χ0n) is 13.6. The van der Waals surface area contributed by atoms with Crippen LogP contribution in [0.25, 0.3) is 10.6 Å². The van der Waals surface area contributed by atoms with Crippen molar-refractivity contribution in [2.75, 3.05) is 26.3 Å². The van der Waals surface area contributed by atoms with Crippen molar-refractivity contribution in [3.05, 3.63) is 23.5 Å². The van der Waals surface area contributed by atoms with Gasteiger partial charge in [0.1, 0.15) is 10.7 Å². The molecular weight excluding hydrogens is 326 g/mol. The van der Waals surface area contributed by atoms with Crippen molar-refractivity contribution in [3.63, 3.8) is 0 Å². The molecule has 0 unspecified atom stereocenters. The van der Waals surface area contributed by atoms with Crippen LogP contribution in [-0.2, 0) is 11.8 Å². The molecule has 2 aromatic rings. The molecule has 8 heteroatoms. The Hall–Kier alpha value is -1.77. The number of aryl methyl sites for hydroxylation is 1. The Balaban J connectivity index is 1.32. The fraction of sp³-hybridized carbons (Fsp3) is 0.562. The lowest BCUT2D eigenvalue weighted by molar-refractivity contribution is -0.0716. The first kappa shape index (κ1) is 15.7. The van der Waals surface area contributed by atoms with Gasteiger partial charge in [0.25, 0.3) is 5.91 Å². The summed E-state index contributed by atoms with van der Waals surface area (Å²) >= 11 is 1.47. The first-order valence-electron chi connectivity index (χ1n) is 8.26. The molecule has 0 atom stereocenters. The molecule has 24 heavy (non-hydrogen) atoms. The van der Waals surface area contributed by atoms with Crippen molar-refractivity contribution >= 4 is 17.2 Å². The van der Waals surface area contributed by atoms with Gasteiger partial charge < -0.3 is 10.1 Å². The van der Waals surface area contributed by atoms with Crippen molar-refractivity contribution in [2.24, 2.45) is 7.05 Å². The first-order chi connectivity index (χ1) is 11.7. The monoisotopic (exact) mass is 347 g/mol. The predicted molar refractivity (Wildman–Crippen MR) is 91.0 cm³/mol. The average Bonchev–Trinajstić information content (AvgIpc) is 3.16. The number of carbonyl (C=O) groups is 1. The van der Waals surface area contributed by atoms with Crippen molar-refractivity contribution in [3.8, 4) is 10.6 Å². The van der Waals surface area contributed by atoms with Gasteiger partial charge in [0.15, 0.2) is 0 Å². The number of piperidine rings is 1. The Morgan fingerprint density at radius 2 is 2.17 bits per heavy atom. The highest BCUT2D eigenvalue weighted by atomic mass is 32.1. The third-order valence-corrected chi connectivity index (χ3v) is 5.58. The summed E-state index contributed by atoms with van der Waals surface area (Å²) in [5.74, 6) is -0.0770. The first-order valence-corrected chi connectivity index (χ1v) is 9.14. The third kappa shape index (κ3) is 3.22. The van der Waals surface area contributed by atoms with Gasteiger partial charge in [0, 0.05) is 43.3 Å². The Kier molecular flexibility index (Phi) is 4.34. The highest BCUT2D eigenvalue weighted by molar-refractivity contribution is 7.13. The Bertz CT molecular complexity index is 716. The summed E-state index contributed by atoms with van der Waals surface area (Å²) in [5, 5.41) is 9.91. The molecule has 2 fully saturated rings. The number of aromatic nitrogens is 3. The smallest absolute Gasteiger partial charge is 0.270 e. The summed E-state index contributed by atoms with van der Waals surface area (Å²) in [6.45, 7) is 3.76. The second kappa shape index (κ2) is 6.62. The van der Waals surface area contributed by atoms with Gasteiger partial charge in [-0.15, -0.1) is 11.3 Å². The van der Waals surface area contributed by atoms with Crippen LogP contribution in [0.5, 0.6) is 0 Å². The molecule has 128 valence electrons. The summed E-state index contributed by atoms with van der Waals surface area (Å²) < 4.78 is 6.99. The number of hydrogen-bond acceptors (Lipinski definition) is 6. The van der Waals surface area contributed by atoms with E-state index < -0.39 is 0 Å². The van der Waals surface area contributed by atoms with E-state index in [0.717, 1.165) is 49.7 Å². The minimum atomic E-state index is -0.0770. The maximum atomic E-state index is 12.4. The topological polar surface area (TPSA) is 72.3 Å². The standard InChI is InChI=1S/C16H21N5O2S/c1-20-7-11(6-17-20)16-19-14(10-24-16)15(22)18-12-2-4-21(5-3-12)13-8-23-9-13/h6-7,10,12-13H,2-5,8-9H2,1H3,(H,18,22). The number of likely N-dealkylation sites (tertiary alicyclic amines) is 1. The number of ether oxygens (including phenoxy) is 1. The molecule has 7 nitrogen and oxygen atoms in total. The number of hydrogen-bond donors (Lipinski definition) is 1. The summed E-state index contributed by atoms with van der Waals surface area (Å²) in [7, 11) is 1.87. The van der Waals surface area contributed by atoms with Crippen LogP contribution in [-0.4, -0.2) is 64.0 Å². The van der Waals surface area contributed by atoms with Gasteiger partial charge in [-0.1, -0.05) is 0 Å². The van der Waals surface area contributed by atoms with Crippen molar-refractivity contribution < 1.29 is 9.53 Å². The van der Waals surface area contributed by atoms with E-state index in [9.17, 15) is 4.79 Å². The molecule has 4 heterocycles. The third-order valence-electron chi connectivity index (χ3n) is 4.69. The van der Waals surface area contributed by atoms with Crippen molar-refractivity contribution in [2.45, 2.75) is 24.9 Å². The average molecular weight is 347 g/mol. The van der Waals surface area contributed by atoms with E-state index in [0.29, 0.717) is 11.7 Å². The van der Waals surface area contributed by atoms with Crippen LogP contribution in [0.4, 0.5) is 0 Å². The lowest BCUT2D eigenvalue weighted by Crippen LogP contribution is -2.54. The molecule has 2 saturated heterocycles. The maximum Gasteiger partial charge on any atom is 0.270 e. The van der Waals surface area contributed by atoms with E-state index in [1.165, 1.54) is 11.3 Å². The lowest BCUT2D eigenvalue weighted by atomic mass is 10.0. The van der Waals surface area contributed by atoms with Crippen molar-refractivity contribution in [1.29, 1.82) is 0 Å². The minimum Gasteiger partial charge on any atom is -0.378 e. The number of rotatable bonds is 4. The van der Waals surface area contributed by atoms with Gasteiger partial charge in [-0.25, -0.2) is 4.98 Å². The predicted octanol–water partition coefficient (Wildman–Crippen LogP) is 1.14. The molecule has 0 aliphatic carbocycles. The zero-order valence-corrected chi connectivity index (χ0v) is 14.5. The van der Waals surface area contributed by atoms with E-state index in [4.69, 9.17) is 4.74 Å². The molecule has 2 aromatic heterocycles. The van der Waals surface area contributed by atoms with Crippen LogP contribution in [0.1, 0.15) is 23.3 Å². The Morgan fingerprint density at radius 3 is 2.79 bits per heavy atom. The van der Waals surface area contributed by atoms with E-state index in [-0.39, 0.29) is 11.9 Å². The lowest BCUT2D eigenvalue weighted by Gasteiger charge is -2.41. The SMILES string of the molecule is Cn1cc(-c2nc(C(=O)NC3CCN(C4COC4)CC3)cs2)cn1. The molecule has 2 aliphatic heterocycles. The molecule has 0 aromatic carbocycles. The largest absolute Gasteiger partial charge is 0.378 e. The Labute approximate surface area is 144 Å². The normalized spacial score (nSPS) is 20.0. The van der Waals surface area contributed by atoms with E-state index >= 15 is 0 Å². The number of amides is 1. The second-order valence-corrected chi connectivity index (χ2v) is 7.27. The van der Waals surface area contributed by atoms with E-state index in [1.54, 1.807) is 10.9 Å². The van der Waals surface area contributed by atoms with Crippen LogP contribution in [0, 0.1) is 0 Å². The van der Waals surface area contributed by atoms with Crippen LogP contribution in [0.15, 0.2) is 17.8 Å². The summed E-state index contributed by atoms with van der Waals surface area (Å²) in [6, 6.07) is 0.820. The fourth-order valence-corrected chi connectivity index (χ4v) is 3.92. The van der Waals surface area contributed by atoms with Gasteiger partial charge >= 0.3 is 0 Å². The molecule has 0 bridgehead atoms. The molecule has 0 radical (unpaired) electrons. The fourth-order valence-electron chi connectivity index (χ4n) is 3.14. The highest BCUT2D eigenvalue weighted by Gasteiger charge is 2.30. The van der Waals surface area contributed by atoms with E-state index in [1.807, 2.05) is 18.6 Å². The molecule has 0 saturated carbocycles. The number of thiazole rings is 1. The van der Waals surface area contributed by atoms with Gasteiger partial charge in [-0.3, -0.25) is 14.4 Å². The van der Waals surface area contributed by atoms with Gasteiger partial charge in [-0.2, -0.15) is 5.10 Å². The molecule has 1 N–H and O–H groups in total. The number of nitrogens with one attached hydrogen (secondary N) is 1. The summed E-state index contributed by atoms with van der Waals surface area (Å²) in [6.07, 6.45) is 5.64. The number of carbonyl (C=O) groups excluding carboxylic acids is 1. The van der Waals surface area contributed by atoms with Gasteiger partial charge in [-0.05, 0) is 12.8 Å². The second-order valence-electron chi connectivity index (χ2n) is 6.42. The molecule has 0 spiro atoms. The summed E-state index contributed by atoms with van der Waals surface area (Å²) in [5.41, 5.74) is 1.44. The van der Waals surface area contributed by atoms with Crippen molar-refractivity contribution in [1.82, 2.24) is 25.0 Å². The Morgan fingerprint density at radius 1 is 1.38 bits per heavy atom. The van der Waals surface area contributed by atoms with Gasteiger partial charge in [0.05, 0.1) is 25.5 Å². The van der Waals surface area contributed by atoms with Crippen LogP contribution in [0.3, 0.4) is 0 Å². The number of nitrogens with zero attached hydrogens (tertiary/aromatic N) is 4. The molecule has 1 amide bonds. The van der Waals surface area contributed by atoms with Crippen LogP contribution < -0.4 is 5.32 Å². The maximum absolute atomic E-state index is 12.4. The molecule has 2 aliphatic rings. The van der Waals surface area contributed by atoms with Crippen LogP contribution in [0.2, 0.25) is 0 Å². The highest BCUT2D eigenvalue weighted by Crippen LogP contribution is 2.23. The minimum absolute atomic E-state index is 0.0770.